The predicted octanol–water partition coefficient (Wildman–Crippen LogP) is 2.75. The molecule has 0 radical (unpaired) electrons. The van der Waals surface area contributed by atoms with Crippen LogP contribution in [0.1, 0.15) is 5.56 Å². The molecule has 0 saturated carbocycles. The zero-order valence-electron chi connectivity index (χ0n) is 11.3. The summed E-state index contributed by atoms with van der Waals surface area (Å²) in [6, 6.07) is 16.9. The highest BCUT2D eigenvalue weighted by Crippen LogP contribution is 2.20. The molecule has 0 unspecified atom stereocenters. The fraction of sp³-hybridized carbons (Fsp3) is 0.125. The third-order valence-corrected chi connectivity index (χ3v) is 3.56. The molecule has 2 rings (SSSR count). The first-order valence-corrected chi connectivity index (χ1v) is 7.34. The van der Waals surface area contributed by atoms with Crippen LogP contribution in [0.15, 0.2) is 59.1 Å². The molecule has 0 aliphatic carbocycles. The molecule has 108 valence electrons. The minimum absolute atomic E-state index is 0.423. The van der Waals surface area contributed by atoms with Gasteiger partial charge in [-0.3, -0.25) is 9.59 Å². The zero-order valence-corrected chi connectivity index (χ0v) is 12.9. The van der Waals surface area contributed by atoms with Crippen LogP contribution in [0.3, 0.4) is 0 Å². The van der Waals surface area contributed by atoms with Gasteiger partial charge in [-0.1, -0.05) is 42.5 Å². The Labute approximate surface area is 131 Å². The Morgan fingerprint density at radius 2 is 1.57 bits per heavy atom. The highest BCUT2D eigenvalue weighted by molar-refractivity contribution is 9.10. The molecule has 0 aromatic heterocycles. The molecule has 4 nitrogen and oxygen atoms in total. The Morgan fingerprint density at radius 1 is 0.905 bits per heavy atom. The van der Waals surface area contributed by atoms with Gasteiger partial charge in [0.25, 0.3) is 0 Å². The van der Waals surface area contributed by atoms with Crippen LogP contribution in [0.4, 0.5) is 5.69 Å². The SMILES string of the molecule is O=C(NCCc1ccccc1)C(=O)Nc1ccccc1Br. The first-order chi connectivity index (χ1) is 10.2. The van der Waals surface area contributed by atoms with Gasteiger partial charge in [-0.2, -0.15) is 0 Å². The van der Waals surface area contributed by atoms with E-state index in [1.807, 2.05) is 36.4 Å². The number of halogens is 1. The van der Waals surface area contributed by atoms with Crippen molar-refractivity contribution in [2.75, 3.05) is 11.9 Å². The number of anilines is 1. The molecule has 0 atom stereocenters. The average Bonchev–Trinajstić information content (AvgIpc) is 2.50. The Hall–Kier alpha value is -2.14. The van der Waals surface area contributed by atoms with Gasteiger partial charge < -0.3 is 10.6 Å². The van der Waals surface area contributed by atoms with E-state index in [0.29, 0.717) is 18.7 Å². The monoisotopic (exact) mass is 346 g/mol. The molecule has 0 fully saturated rings. The topological polar surface area (TPSA) is 58.2 Å². The standard InChI is InChI=1S/C16H15BrN2O2/c17-13-8-4-5-9-14(13)19-16(21)15(20)18-11-10-12-6-2-1-3-7-12/h1-9H,10-11H2,(H,18,20)(H,19,21). The number of benzene rings is 2. The Balaban J connectivity index is 1.81. The third kappa shape index (κ3) is 4.72. The lowest BCUT2D eigenvalue weighted by molar-refractivity contribution is -0.136. The lowest BCUT2D eigenvalue weighted by atomic mass is 10.1. The van der Waals surface area contributed by atoms with E-state index in [2.05, 4.69) is 26.6 Å². The van der Waals surface area contributed by atoms with Crippen molar-refractivity contribution in [3.63, 3.8) is 0 Å². The summed E-state index contributed by atoms with van der Waals surface area (Å²) in [4.78, 5) is 23.5. The number of nitrogens with one attached hydrogen (secondary N) is 2. The van der Waals surface area contributed by atoms with Gasteiger partial charge in [0.1, 0.15) is 0 Å². The molecule has 5 heteroatoms. The van der Waals surface area contributed by atoms with Gasteiger partial charge in [0.2, 0.25) is 0 Å². The maximum absolute atomic E-state index is 11.8. The largest absolute Gasteiger partial charge is 0.347 e. The Bertz CT molecular complexity index is 629. The van der Waals surface area contributed by atoms with Gasteiger partial charge in [-0.25, -0.2) is 0 Å². The smallest absolute Gasteiger partial charge is 0.313 e. The lowest BCUT2D eigenvalue weighted by Crippen LogP contribution is -2.36. The molecular weight excluding hydrogens is 332 g/mol. The normalized spacial score (nSPS) is 9.95. The fourth-order valence-electron chi connectivity index (χ4n) is 1.79. The fourth-order valence-corrected chi connectivity index (χ4v) is 2.17. The number of amides is 2. The van der Waals surface area contributed by atoms with E-state index in [1.165, 1.54) is 0 Å². The number of para-hydroxylation sites is 1. The summed E-state index contributed by atoms with van der Waals surface area (Å²) in [5, 5.41) is 5.17. The molecule has 0 heterocycles. The summed E-state index contributed by atoms with van der Waals surface area (Å²) in [7, 11) is 0. The van der Waals surface area contributed by atoms with E-state index in [0.717, 1.165) is 10.0 Å². The number of rotatable bonds is 4. The summed E-state index contributed by atoms with van der Waals surface area (Å²) in [6.45, 7) is 0.423. The average molecular weight is 347 g/mol. The van der Waals surface area contributed by atoms with E-state index in [4.69, 9.17) is 0 Å². The minimum Gasteiger partial charge on any atom is -0.347 e. The van der Waals surface area contributed by atoms with Crippen LogP contribution in [0.25, 0.3) is 0 Å². The van der Waals surface area contributed by atoms with Crippen molar-refractivity contribution >= 4 is 33.4 Å². The van der Waals surface area contributed by atoms with Crippen molar-refractivity contribution < 1.29 is 9.59 Å². The zero-order chi connectivity index (χ0) is 15.1. The first kappa shape index (κ1) is 15.3. The summed E-state index contributed by atoms with van der Waals surface area (Å²) >= 11 is 3.31. The first-order valence-electron chi connectivity index (χ1n) is 6.54. The van der Waals surface area contributed by atoms with Gasteiger partial charge in [0.05, 0.1) is 5.69 Å². The van der Waals surface area contributed by atoms with Gasteiger partial charge in [-0.15, -0.1) is 0 Å². The molecule has 2 amide bonds. The van der Waals surface area contributed by atoms with Crippen LogP contribution < -0.4 is 10.6 Å². The second-order valence-electron chi connectivity index (χ2n) is 4.43. The summed E-state index contributed by atoms with van der Waals surface area (Å²) in [6.07, 6.45) is 0.689. The van der Waals surface area contributed by atoms with E-state index in [9.17, 15) is 9.59 Å². The van der Waals surface area contributed by atoms with Crippen LogP contribution in [0.2, 0.25) is 0 Å². The molecule has 0 aliphatic rings. The van der Waals surface area contributed by atoms with Crippen LogP contribution >= 0.6 is 15.9 Å². The van der Waals surface area contributed by atoms with E-state index < -0.39 is 11.8 Å². The van der Waals surface area contributed by atoms with Gasteiger partial charge in [-0.05, 0) is 40.0 Å². The molecule has 0 spiro atoms. The van der Waals surface area contributed by atoms with Crippen LogP contribution in [-0.4, -0.2) is 18.4 Å². The van der Waals surface area contributed by atoms with Crippen LogP contribution in [0, 0.1) is 0 Å². The number of hydrogen-bond donors (Lipinski definition) is 2. The maximum Gasteiger partial charge on any atom is 0.313 e. The number of hydrogen-bond acceptors (Lipinski definition) is 2. The molecular formula is C16H15BrN2O2. The van der Waals surface area contributed by atoms with Gasteiger partial charge in [0, 0.05) is 11.0 Å². The molecule has 2 aromatic carbocycles. The second-order valence-corrected chi connectivity index (χ2v) is 5.28. The highest BCUT2D eigenvalue weighted by atomic mass is 79.9. The quantitative estimate of drug-likeness (QED) is 0.836. The maximum atomic E-state index is 11.8. The van der Waals surface area contributed by atoms with Gasteiger partial charge >= 0.3 is 11.8 Å². The van der Waals surface area contributed by atoms with Crippen LogP contribution in [-0.2, 0) is 16.0 Å². The Kier molecular flexibility index (Phi) is 5.51. The lowest BCUT2D eigenvalue weighted by Gasteiger charge is -2.08. The molecule has 21 heavy (non-hydrogen) atoms. The van der Waals surface area contributed by atoms with Gasteiger partial charge in [0.15, 0.2) is 0 Å². The highest BCUT2D eigenvalue weighted by Gasteiger charge is 2.13. The summed E-state index contributed by atoms with van der Waals surface area (Å²) in [5.41, 5.74) is 1.68. The Morgan fingerprint density at radius 3 is 2.29 bits per heavy atom. The molecule has 0 bridgehead atoms. The predicted molar refractivity (Wildman–Crippen MR) is 85.9 cm³/mol. The van der Waals surface area contributed by atoms with Crippen molar-refractivity contribution in [3.8, 4) is 0 Å². The second kappa shape index (κ2) is 7.59. The number of carbonyl (C=O) groups is 2. The molecule has 0 aliphatic heterocycles. The number of carbonyl (C=O) groups excluding carboxylic acids is 2. The van der Waals surface area contributed by atoms with E-state index in [-0.39, 0.29) is 0 Å². The third-order valence-electron chi connectivity index (χ3n) is 2.87. The summed E-state index contributed by atoms with van der Waals surface area (Å²) in [5.74, 6) is -1.31. The molecule has 0 saturated heterocycles. The van der Waals surface area contributed by atoms with Crippen molar-refractivity contribution in [2.24, 2.45) is 0 Å². The van der Waals surface area contributed by atoms with E-state index >= 15 is 0 Å². The minimum atomic E-state index is -0.671. The van der Waals surface area contributed by atoms with Crippen molar-refractivity contribution in [1.82, 2.24) is 5.32 Å². The van der Waals surface area contributed by atoms with Crippen LogP contribution in [0.5, 0.6) is 0 Å². The van der Waals surface area contributed by atoms with E-state index in [1.54, 1.807) is 18.2 Å². The van der Waals surface area contributed by atoms with Crippen molar-refractivity contribution in [2.45, 2.75) is 6.42 Å². The molecule has 2 aromatic rings. The molecule has 2 N–H and O–H groups in total. The van der Waals surface area contributed by atoms with Crippen molar-refractivity contribution in [3.05, 3.63) is 64.6 Å². The van der Waals surface area contributed by atoms with Crippen molar-refractivity contribution in [1.29, 1.82) is 0 Å². The summed E-state index contributed by atoms with van der Waals surface area (Å²) < 4.78 is 0.732.